The molecule has 1 aromatic rings. The zero-order valence-electron chi connectivity index (χ0n) is 11.8. The lowest BCUT2D eigenvalue weighted by molar-refractivity contribution is 0.0689. The molecule has 0 aromatic heterocycles. The van der Waals surface area contributed by atoms with E-state index in [1.54, 1.807) is 0 Å². The number of carbonyl (C=O) groups excluding carboxylic acids is 1. The maximum atomic E-state index is 12.6. The number of rotatable bonds is 3. The van der Waals surface area contributed by atoms with E-state index in [0.717, 1.165) is 37.4 Å². The zero-order valence-corrected chi connectivity index (χ0v) is 11.8. The molecule has 1 fully saturated rings. The number of nitrogens with one attached hydrogen (secondary N) is 1. The van der Waals surface area contributed by atoms with Crippen LogP contribution in [0.15, 0.2) is 18.2 Å². The second-order valence-electron chi connectivity index (χ2n) is 5.34. The van der Waals surface area contributed by atoms with Gasteiger partial charge in [-0.2, -0.15) is 0 Å². The molecule has 1 amide bonds. The van der Waals surface area contributed by atoms with Gasteiger partial charge in [-0.3, -0.25) is 10.6 Å². The first-order chi connectivity index (χ1) is 9.15. The third kappa shape index (κ3) is 3.07. The number of amides is 1. The molecule has 1 aliphatic heterocycles. The Morgan fingerprint density at radius 2 is 2.11 bits per heavy atom. The fourth-order valence-corrected chi connectivity index (χ4v) is 2.68. The number of hydrogen-bond donors (Lipinski definition) is 2. The van der Waals surface area contributed by atoms with Crippen molar-refractivity contribution in [2.24, 2.45) is 11.8 Å². The number of piperidine rings is 1. The first-order valence-electron chi connectivity index (χ1n) is 7.02. The van der Waals surface area contributed by atoms with Crippen molar-refractivity contribution < 1.29 is 4.79 Å². The fourth-order valence-electron chi connectivity index (χ4n) is 2.68. The normalized spacial score (nSPS) is 16.5. The summed E-state index contributed by atoms with van der Waals surface area (Å²) in [7, 11) is 0. The summed E-state index contributed by atoms with van der Waals surface area (Å²) >= 11 is 0. The molecule has 0 atom stereocenters. The number of hydrazine groups is 1. The summed E-state index contributed by atoms with van der Waals surface area (Å²) < 4.78 is 0. The molecule has 0 radical (unpaired) electrons. The van der Waals surface area contributed by atoms with Crippen molar-refractivity contribution in [2.45, 2.75) is 33.1 Å². The van der Waals surface area contributed by atoms with Crippen LogP contribution in [0, 0.1) is 12.8 Å². The van der Waals surface area contributed by atoms with E-state index in [1.165, 1.54) is 6.42 Å². The van der Waals surface area contributed by atoms with Crippen LogP contribution in [0.1, 0.15) is 42.1 Å². The fraction of sp³-hybridized carbons (Fsp3) is 0.533. The number of likely N-dealkylation sites (tertiary alicyclic amines) is 1. The zero-order chi connectivity index (χ0) is 13.8. The second kappa shape index (κ2) is 6.06. The minimum Gasteiger partial charge on any atom is -0.339 e. The van der Waals surface area contributed by atoms with Crippen molar-refractivity contribution in [1.82, 2.24) is 4.90 Å². The molecule has 3 N–H and O–H groups in total. The lowest BCUT2D eigenvalue weighted by atomic mass is 9.94. The Labute approximate surface area is 114 Å². The van der Waals surface area contributed by atoms with Gasteiger partial charge in [-0.1, -0.05) is 25.0 Å². The molecule has 4 nitrogen and oxygen atoms in total. The molecule has 1 aliphatic rings. The Bertz CT molecular complexity index is 451. The molecule has 0 saturated carbocycles. The van der Waals surface area contributed by atoms with Crippen LogP contribution in [0.4, 0.5) is 5.69 Å². The maximum absolute atomic E-state index is 12.6. The largest absolute Gasteiger partial charge is 0.339 e. The van der Waals surface area contributed by atoms with Crippen LogP contribution in [0.2, 0.25) is 0 Å². The number of carbonyl (C=O) groups is 1. The van der Waals surface area contributed by atoms with Gasteiger partial charge in [0.2, 0.25) is 0 Å². The molecule has 1 heterocycles. The topological polar surface area (TPSA) is 58.4 Å². The molecule has 0 unspecified atom stereocenters. The lowest BCUT2D eigenvalue weighted by Gasteiger charge is -2.32. The molecule has 0 aliphatic carbocycles. The van der Waals surface area contributed by atoms with Gasteiger partial charge < -0.3 is 10.3 Å². The van der Waals surface area contributed by atoms with Crippen molar-refractivity contribution in [1.29, 1.82) is 0 Å². The number of hydrogen-bond acceptors (Lipinski definition) is 3. The van der Waals surface area contributed by atoms with Crippen LogP contribution < -0.4 is 11.3 Å². The number of nitrogens with zero attached hydrogens (tertiary/aromatic N) is 1. The highest BCUT2D eigenvalue weighted by atomic mass is 16.2. The molecule has 104 valence electrons. The Morgan fingerprint density at radius 1 is 1.42 bits per heavy atom. The quantitative estimate of drug-likeness (QED) is 0.649. The van der Waals surface area contributed by atoms with Gasteiger partial charge in [-0.15, -0.1) is 0 Å². The summed E-state index contributed by atoms with van der Waals surface area (Å²) in [6.07, 6.45) is 3.43. The average molecular weight is 261 g/mol. The molecule has 0 bridgehead atoms. The van der Waals surface area contributed by atoms with E-state index in [1.807, 2.05) is 30.0 Å². The van der Waals surface area contributed by atoms with Crippen LogP contribution in [0.3, 0.4) is 0 Å². The van der Waals surface area contributed by atoms with Crippen LogP contribution in [-0.4, -0.2) is 23.9 Å². The van der Waals surface area contributed by atoms with Crippen LogP contribution in [0.25, 0.3) is 0 Å². The summed E-state index contributed by atoms with van der Waals surface area (Å²) in [6, 6.07) is 5.72. The van der Waals surface area contributed by atoms with Crippen molar-refractivity contribution in [3.05, 3.63) is 29.3 Å². The molecule has 1 saturated heterocycles. The van der Waals surface area contributed by atoms with Gasteiger partial charge in [-0.25, -0.2) is 0 Å². The monoisotopic (exact) mass is 261 g/mol. The van der Waals surface area contributed by atoms with Crippen molar-refractivity contribution in [3.8, 4) is 0 Å². The van der Waals surface area contributed by atoms with Gasteiger partial charge in [0.1, 0.15) is 0 Å². The summed E-state index contributed by atoms with van der Waals surface area (Å²) in [5.74, 6) is 6.35. The summed E-state index contributed by atoms with van der Waals surface area (Å²) in [4.78, 5) is 14.5. The number of anilines is 1. The Kier molecular flexibility index (Phi) is 4.43. The molecule has 4 heteroatoms. The third-order valence-electron chi connectivity index (χ3n) is 4.04. The highest BCUT2D eigenvalue weighted by molar-refractivity contribution is 5.99. The summed E-state index contributed by atoms with van der Waals surface area (Å²) in [5.41, 5.74) is 5.07. The highest BCUT2D eigenvalue weighted by Crippen LogP contribution is 2.24. The van der Waals surface area contributed by atoms with Crippen LogP contribution >= 0.6 is 0 Å². The van der Waals surface area contributed by atoms with E-state index in [9.17, 15) is 4.79 Å². The van der Waals surface area contributed by atoms with Gasteiger partial charge in [0.25, 0.3) is 5.91 Å². The van der Waals surface area contributed by atoms with Gasteiger partial charge in [0.15, 0.2) is 0 Å². The lowest BCUT2D eigenvalue weighted by Crippen LogP contribution is -2.38. The number of aryl methyl sites for hydroxylation is 1. The molecule has 0 spiro atoms. The highest BCUT2D eigenvalue weighted by Gasteiger charge is 2.24. The third-order valence-corrected chi connectivity index (χ3v) is 4.04. The minimum absolute atomic E-state index is 0.0891. The molecule has 2 rings (SSSR count). The second-order valence-corrected chi connectivity index (χ2v) is 5.34. The van der Waals surface area contributed by atoms with Gasteiger partial charge in [-0.05, 0) is 37.8 Å². The first kappa shape index (κ1) is 13.9. The Balaban J connectivity index is 2.14. The smallest absolute Gasteiger partial charge is 0.256 e. The predicted molar refractivity (Wildman–Crippen MR) is 77.9 cm³/mol. The standard InChI is InChI=1S/C15H23N3O/c1-3-12-6-8-18(9-7-12)15(19)13-10-11(2)4-5-14(13)17-16/h4-5,10,12,17H,3,6-9,16H2,1-2H3. The van der Waals surface area contributed by atoms with E-state index in [-0.39, 0.29) is 5.91 Å². The molecule has 19 heavy (non-hydrogen) atoms. The van der Waals surface area contributed by atoms with Gasteiger partial charge >= 0.3 is 0 Å². The Morgan fingerprint density at radius 3 is 2.68 bits per heavy atom. The van der Waals surface area contributed by atoms with E-state index in [0.29, 0.717) is 11.3 Å². The van der Waals surface area contributed by atoms with E-state index < -0.39 is 0 Å². The maximum Gasteiger partial charge on any atom is 0.256 e. The average Bonchev–Trinajstić information content (AvgIpc) is 2.46. The summed E-state index contributed by atoms with van der Waals surface area (Å²) in [5, 5.41) is 0. The number of nitrogens with two attached hydrogens (primary N) is 1. The molecule has 1 aromatic carbocycles. The van der Waals surface area contributed by atoms with Gasteiger partial charge in [0.05, 0.1) is 11.3 Å². The predicted octanol–water partition coefficient (Wildman–Crippen LogP) is 2.54. The van der Waals surface area contributed by atoms with Gasteiger partial charge in [0, 0.05) is 13.1 Å². The molecular formula is C15H23N3O. The van der Waals surface area contributed by atoms with Crippen LogP contribution in [0.5, 0.6) is 0 Å². The molecular weight excluding hydrogens is 238 g/mol. The van der Waals surface area contributed by atoms with Crippen molar-refractivity contribution in [2.75, 3.05) is 18.5 Å². The van der Waals surface area contributed by atoms with E-state index >= 15 is 0 Å². The van der Waals surface area contributed by atoms with Crippen molar-refractivity contribution in [3.63, 3.8) is 0 Å². The first-order valence-corrected chi connectivity index (χ1v) is 7.02. The van der Waals surface area contributed by atoms with E-state index in [2.05, 4.69) is 12.3 Å². The Hall–Kier alpha value is -1.55. The summed E-state index contributed by atoms with van der Waals surface area (Å²) in [6.45, 7) is 5.92. The number of benzene rings is 1. The minimum atomic E-state index is 0.0891. The van der Waals surface area contributed by atoms with Crippen LogP contribution in [-0.2, 0) is 0 Å². The number of nitrogen functional groups attached to an aromatic ring is 1. The van der Waals surface area contributed by atoms with E-state index in [4.69, 9.17) is 5.84 Å². The SMILES string of the molecule is CCC1CCN(C(=O)c2cc(C)ccc2NN)CC1. The van der Waals surface area contributed by atoms with Crippen molar-refractivity contribution >= 4 is 11.6 Å².